The summed E-state index contributed by atoms with van der Waals surface area (Å²) in [4.78, 5) is 10.2. The highest BCUT2D eigenvalue weighted by molar-refractivity contribution is 6.12. The van der Waals surface area contributed by atoms with Crippen LogP contribution in [0.15, 0.2) is 176 Å². The summed E-state index contributed by atoms with van der Waals surface area (Å²) in [5, 5.41) is 4.87. The molecule has 0 aliphatic heterocycles. The molecule has 0 saturated carbocycles. The predicted molar refractivity (Wildman–Crippen MR) is 212 cm³/mol. The number of para-hydroxylation sites is 2. The fraction of sp³-hybridized carbons (Fsp3) is 0.0213. The topological polar surface area (TPSA) is 35.6 Å². The van der Waals surface area contributed by atoms with Crippen molar-refractivity contribution in [2.45, 2.75) is 6.92 Å². The summed E-state index contributed by atoms with van der Waals surface area (Å²) in [6.45, 7) is 2.13. The maximum atomic E-state index is 5.20. The van der Waals surface area contributed by atoms with E-state index in [2.05, 4.69) is 168 Å². The molecular weight excluding hydrogens is 621 g/mol. The number of aromatic nitrogens is 4. The van der Waals surface area contributed by atoms with Crippen molar-refractivity contribution in [2.75, 3.05) is 0 Å². The number of hydrogen-bond donors (Lipinski definition) is 0. The number of hydrogen-bond acceptors (Lipinski definition) is 2. The molecule has 0 bridgehead atoms. The highest BCUT2D eigenvalue weighted by Gasteiger charge is 2.18. The van der Waals surface area contributed by atoms with E-state index in [1.54, 1.807) is 0 Å². The van der Waals surface area contributed by atoms with Gasteiger partial charge in [-0.1, -0.05) is 127 Å². The van der Waals surface area contributed by atoms with Gasteiger partial charge in [-0.05, 0) is 66.6 Å². The molecule has 0 unspecified atom stereocenters. The van der Waals surface area contributed by atoms with E-state index >= 15 is 0 Å². The van der Waals surface area contributed by atoms with E-state index < -0.39 is 0 Å². The van der Waals surface area contributed by atoms with Crippen LogP contribution in [0.1, 0.15) is 5.56 Å². The lowest BCUT2D eigenvalue weighted by atomic mass is 10.0. The van der Waals surface area contributed by atoms with Gasteiger partial charge in [0.1, 0.15) is 5.82 Å². The van der Waals surface area contributed by atoms with Crippen LogP contribution in [0.2, 0.25) is 0 Å². The molecule has 3 aromatic heterocycles. The number of rotatable bonds is 5. The van der Waals surface area contributed by atoms with E-state index in [1.807, 2.05) is 24.3 Å². The summed E-state index contributed by atoms with van der Waals surface area (Å²) in [5.74, 6) is 1.54. The third kappa shape index (κ3) is 4.84. The molecule has 0 radical (unpaired) electrons. The Morgan fingerprint density at radius 1 is 0.373 bits per heavy atom. The lowest BCUT2D eigenvalue weighted by Gasteiger charge is -2.12. The number of benzene rings is 7. The van der Waals surface area contributed by atoms with Crippen molar-refractivity contribution < 1.29 is 0 Å². The predicted octanol–water partition coefficient (Wildman–Crippen LogP) is 12.0. The largest absolute Gasteiger partial charge is 0.309 e. The van der Waals surface area contributed by atoms with E-state index in [1.165, 1.54) is 55.0 Å². The summed E-state index contributed by atoms with van der Waals surface area (Å²) in [6.07, 6.45) is 0. The molecule has 3 heterocycles. The van der Waals surface area contributed by atoms with Gasteiger partial charge in [-0.25, -0.2) is 9.97 Å². The minimum absolute atomic E-state index is 0.701. The van der Waals surface area contributed by atoms with Crippen molar-refractivity contribution in [1.82, 2.24) is 19.1 Å². The maximum Gasteiger partial charge on any atom is 0.162 e. The molecule has 10 rings (SSSR count). The first-order valence-corrected chi connectivity index (χ1v) is 17.3. The van der Waals surface area contributed by atoms with Gasteiger partial charge in [-0.2, -0.15) is 0 Å². The van der Waals surface area contributed by atoms with Crippen molar-refractivity contribution in [3.8, 4) is 45.3 Å². The van der Waals surface area contributed by atoms with E-state index in [4.69, 9.17) is 9.97 Å². The van der Waals surface area contributed by atoms with Crippen molar-refractivity contribution in [3.63, 3.8) is 0 Å². The minimum Gasteiger partial charge on any atom is -0.309 e. The molecule has 0 saturated heterocycles. The molecular formula is C47H32N4. The molecule has 0 aliphatic rings. The average Bonchev–Trinajstić information content (AvgIpc) is 3.71. The molecule has 0 fully saturated rings. The van der Waals surface area contributed by atoms with Crippen LogP contribution in [0.3, 0.4) is 0 Å². The molecule has 0 atom stereocenters. The molecule has 10 aromatic rings. The number of nitrogens with zero attached hydrogens (tertiary/aromatic N) is 4. The Kier molecular flexibility index (Phi) is 6.68. The smallest absolute Gasteiger partial charge is 0.162 e. The Hall–Kier alpha value is -6.78. The van der Waals surface area contributed by atoms with Gasteiger partial charge in [0, 0.05) is 44.4 Å². The second-order valence-corrected chi connectivity index (χ2v) is 13.2. The fourth-order valence-corrected chi connectivity index (χ4v) is 7.55. The first-order valence-electron chi connectivity index (χ1n) is 17.3. The van der Waals surface area contributed by atoms with E-state index in [9.17, 15) is 0 Å². The van der Waals surface area contributed by atoms with Crippen LogP contribution in [-0.2, 0) is 0 Å². The summed E-state index contributed by atoms with van der Waals surface area (Å²) in [7, 11) is 0. The average molecular weight is 653 g/mol. The normalized spacial score (nSPS) is 11.6. The monoisotopic (exact) mass is 652 g/mol. The van der Waals surface area contributed by atoms with Crippen LogP contribution < -0.4 is 0 Å². The SMILES string of the molecule is Cc1ccc(-n2c3ccccc3c3cc(-c4ccc5c(c4)c4ccccc4n5-c4cc(-c5ccccc5)nc(-c5ccccc5)n4)ccc32)cc1. The second kappa shape index (κ2) is 11.7. The molecule has 4 heteroatoms. The van der Waals surface area contributed by atoms with Crippen molar-refractivity contribution in [3.05, 3.63) is 181 Å². The van der Waals surface area contributed by atoms with E-state index in [0.29, 0.717) is 5.82 Å². The number of fused-ring (bicyclic) bond motifs is 6. The second-order valence-electron chi connectivity index (χ2n) is 13.2. The van der Waals surface area contributed by atoms with Gasteiger partial charge >= 0.3 is 0 Å². The van der Waals surface area contributed by atoms with Gasteiger partial charge in [0.15, 0.2) is 5.82 Å². The molecule has 51 heavy (non-hydrogen) atoms. The lowest BCUT2D eigenvalue weighted by Crippen LogP contribution is -2.02. The van der Waals surface area contributed by atoms with Crippen LogP contribution in [-0.4, -0.2) is 19.1 Å². The Morgan fingerprint density at radius 3 is 1.51 bits per heavy atom. The van der Waals surface area contributed by atoms with Crippen molar-refractivity contribution >= 4 is 43.6 Å². The zero-order chi connectivity index (χ0) is 33.9. The first kappa shape index (κ1) is 29.2. The van der Waals surface area contributed by atoms with Crippen LogP contribution in [0.5, 0.6) is 0 Å². The summed E-state index contributed by atoms with van der Waals surface area (Å²) >= 11 is 0. The van der Waals surface area contributed by atoms with E-state index in [-0.39, 0.29) is 0 Å². The van der Waals surface area contributed by atoms with Gasteiger partial charge in [0.05, 0.1) is 27.8 Å². The zero-order valence-corrected chi connectivity index (χ0v) is 28.0. The summed E-state index contributed by atoms with van der Waals surface area (Å²) in [6, 6.07) is 62.5. The molecule has 0 N–H and O–H groups in total. The molecule has 7 aromatic carbocycles. The Balaban J connectivity index is 1.16. The number of aryl methyl sites for hydroxylation is 1. The third-order valence-corrected chi connectivity index (χ3v) is 10.0. The van der Waals surface area contributed by atoms with E-state index in [0.717, 1.165) is 33.7 Å². The van der Waals surface area contributed by atoms with Gasteiger partial charge in [0.25, 0.3) is 0 Å². The van der Waals surface area contributed by atoms with Crippen LogP contribution in [0.25, 0.3) is 88.9 Å². The van der Waals surface area contributed by atoms with Crippen LogP contribution in [0, 0.1) is 6.92 Å². The van der Waals surface area contributed by atoms with Gasteiger partial charge in [-0.3, -0.25) is 4.57 Å². The quantitative estimate of drug-likeness (QED) is 0.185. The third-order valence-electron chi connectivity index (χ3n) is 10.0. The summed E-state index contributed by atoms with van der Waals surface area (Å²) in [5.41, 5.74) is 12.3. The molecule has 240 valence electrons. The van der Waals surface area contributed by atoms with Crippen LogP contribution >= 0.6 is 0 Å². The Morgan fingerprint density at radius 2 is 0.882 bits per heavy atom. The molecule has 0 amide bonds. The fourth-order valence-electron chi connectivity index (χ4n) is 7.55. The van der Waals surface area contributed by atoms with Gasteiger partial charge in [-0.15, -0.1) is 0 Å². The van der Waals surface area contributed by atoms with Crippen molar-refractivity contribution in [2.24, 2.45) is 0 Å². The minimum atomic E-state index is 0.701. The highest BCUT2D eigenvalue weighted by atomic mass is 15.1. The maximum absolute atomic E-state index is 5.20. The van der Waals surface area contributed by atoms with Gasteiger partial charge < -0.3 is 4.57 Å². The summed E-state index contributed by atoms with van der Waals surface area (Å²) < 4.78 is 4.66. The molecule has 0 spiro atoms. The molecule has 0 aliphatic carbocycles. The molecule has 4 nitrogen and oxygen atoms in total. The highest BCUT2D eigenvalue weighted by Crippen LogP contribution is 2.38. The Bertz CT molecular complexity index is 2840. The van der Waals surface area contributed by atoms with Gasteiger partial charge in [0.2, 0.25) is 0 Å². The van der Waals surface area contributed by atoms with Crippen LogP contribution in [0.4, 0.5) is 0 Å². The standard InChI is InChI=1S/C47H32N4/c1-31-20-24-36(25-21-31)50-42-18-10-8-16-37(42)39-28-34(22-26-44(39)50)35-23-27-45-40(29-35)38-17-9-11-19-43(38)51(45)46-30-41(32-12-4-2-5-13-32)48-47(49-46)33-14-6-3-7-15-33/h2-30H,1H3. The zero-order valence-electron chi connectivity index (χ0n) is 28.0. The van der Waals surface area contributed by atoms with Crippen molar-refractivity contribution in [1.29, 1.82) is 0 Å². The Labute approximate surface area is 295 Å². The first-order chi connectivity index (χ1) is 25.2. The lowest BCUT2D eigenvalue weighted by molar-refractivity contribution is 1.05.